The fourth-order valence-electron chi connectivity index (χ4n) is 4.98. The van der Waals surface area contributed by atoms with E-state index in [0.717, 1.165) is 9.87 Å². The number of benzene rings is 4. The monoisotopic (exact) mass is 697 g/mol. The lowest BCUT2D eigenvalue weighted by Crippen LogP contribution is -2.53. The number of rotatable bonds is 15. The van der Waals surface area contributed by atoms with Gasteiger partial charge >= 0.3 is 0 Å². The highest BCUT2D eigenvalue weighted by atomic mass is 35.5. The zero-order valence-electron chi connectivity index (χ0n) is 26.4. The van der Waals surface area contributed by atoms with Crippen LogP contribution in [0.2, 0.25) is 10.0 Å². The van der Waals surface area contributed by atoms with Crippen molar-refractivity contribution in [2.75, 3.05) is 31.6 Å². The quantitative estimate of drug-likeness (QED) is 0.155. The lowest BCUT2D eigenvalue weighted by Gasteiger charge is -2.34. The van der Waals surface area contributed by atoms with Crippen molar-refractivity contribution in [1.29, 1.82) is 0 Å². The van der Waals surface area contributed by atoms with Gasteiger partial charge in [0.05, 0.1) is 24.8 Å². The van der Waals surface area contributed by atoms with E-state index in [1.807, 2.05) is 37.3 Å². The van der Waals surface area contributed by atoms with E-state index in [0.29, 0.717) is 34.3 Å². The maximum atomic E-state index is 14.6. The molecule has 0 saturated carbocycles. The number of sulfonamides is 1. The minimum Gasteiger partial charge on any atom is -0.493 e. The Morgan fingerprint density at radius 1 is 0.851 bits per heavy atom. The van der Waals surface area contributed by atoms with Crippen LogP contribution in [0.4, 0.5) is 5.69 Å². The van der Waals surface area contributed by atoms with E-state index in [2.05, 4.69) is 5.32 Å². The molecule has 0 saturated heterocycles. The first-order valence-electron chi connectivity index (χ1n) is 14.9. The fourth-order valence-corrected chi connectivity index (χ4v) is 6.88. The number of hydrogen-bond donors (Lipinski definition) is 1. The Labute approximate surface area is 286 Å². The highest BCUT2D eigenvalue weighted by Gasteiger charge is 2.35. The molecule has 1 unspecified atom stereocenters. The van der Waals surface area contributed by atoms with Gasteiger partial charge in [0.15, 0.2) is 11.5 Å². The minimum atomic E-state index is -4.29. The average molecular weight is 699 g/mol. The largest absolute Gasteiger partial charge is 0.493 e. The van der Waals surface area contributed by atoms with Crippen LogP contribution in [0.3, 0.4) is 0 Å². The molecule has 0 aromatic heterocycles. The Balaban J connectivity index is 1.84. The summed E-state index contributed by atoms with van der Waals surface area (Å²) in [6.45, 7) is 1.60. The van der Waals surface area contributed by atoms with Crippen LogP contribution in [0.25, 0.3) is 0 Å². The van der Waals surface area contributed by atoms with Gasteiger partial charge < -0.3 is 19.7 Å². The molecule has 0 aliphatic carbocycles. The number of methoxy groups -OCH3 is 2. The lowest BCUT2D eigenvalue weighted by molar-refractivity contribution is -0.140. The summed E-state index contributed by atoms with van der Waals surface area (Å²) in [7, 11) is -1.39. The molecular formula is C35H37Cl2N3O6S. The van der Waals surface area contributed by atoms with Crippen LogP contribution < -0.4 is 19.1 Å². The van der Waals surface area contributed by atoms with Crippen molar-refractivity contribution in [2.24, 2.45) is 0 Å². The van der Waals surface area contributed by atoms with Gasteiger partial charge in [-0.3, -0.25) is 13.9 Å². The van der Waals surface area contributed by atoms with Crippen LogP contribution in [-0.2, 0) is 32.6 Å². The summed E-state index contributed by atoms with van der Waals surface area (Å²) in [5, 5.41) is 3.63. The van der Waals surface area contributed by atoms with Gasteiger partial charge in [-0.25, -0.2) is 8.42 Å². The van der Waals surface area contributed by atoms with E-state index in [1.165, 1.54) is 43.4 Å². The van der Waals surface area contributed by atoms with Gasteiger partial charge in [0.1, 0.15) is 12.6 Å². The molecule has 4 aromatic carbocycles. The Hall–Kier alpha value is -4.25. The van der Waals surface area contributed by atoms with Crippen molar-refractivity contribution < 1.29 is 27.5 Å². The second kappa shape index (κ2) is 16.5. The number of ether oxygens (including phenoxy) is 2. The van der Waals surface area contributed by atoms with Crippen LogP contribution in [0.15, 0.2) is 102 Å². The molecular weight excluding hydrogens is 661 g/mol. The predicted molar refractivity (Wildman–Crippen MR) is 185 cm³/mol. The second-order valence-corrected chi connectivity index (χ2v) is 13.3. The van der Waals surface area contributed by atoms with Crippen LogP contribution in [0, 0.1) is 0 Å². The van der Waals surface area contributed by atoms with Crippen LogP contribution in [0.5, 0.6) is 11.5 Å². The van der Waals surface area contributed by atoms with Gasteiger partial charge in [0.25, 0.3) is 10.0 Å². The third-order valence-electron chi connectivity index (χ3n) is 7.44. The number of carbonyl (C=O) groups is 2. The second-order valence-electron chi connectivity index (χ2n) is 10.6. The summed E-state index contributed by atoms with van der Waals surface area (Å²) < 4.78 is 40.2. The molecule has 0 spiro atoms. The van der Waals surface area contributed by atoms with Crippen LogP contribution in [0.1, 0.15) is 24.5 Å². The minimum absolute atomic E-state index is 0.0172. The fraction of sp³-hybridized carbons (Fsp3) is 0.257. The van der Waals surface area contributed by atoms with Crippen molar-refractivity contribution in [2.45, 2.75) is 37.2 Å². The number of hydrogen-bond acceptors (Lipinski definition) is 6. The summed E-state index contributed by atoms with van der Waals surface area (Å²) in [4.78, 5) is 29.7. The number of anilines is 1. The molecule has 0 aliphatic rings. The van der Waals surface area contributed by atoms with Crippen LogP contribution in [-0.4, -0.2) is 58.5 Å². The molecule has 4 rings (SSSR count). The van der Waals surface area contributed by atoms with Crippen molar-refractivity contribution in [3.8, 4) is 11.5 Å². The molecule has 0 fully saturated rings. The van der Waals surface area contributed by atoms with Crippen molar-refractivity contribution in [1.82, 2.24) is 10.2 Å². The molecule has 0 aliphatic heterocycles. The first kappa shape index (κ1) is 35.6. The summed E-state index contributed by atoms with van der Waals surface area (Å²) >= 11 is 12.7. The molecule has 47 heavy (non-hydrogen) atoms. The first-order chi connectivity index (χ1) is 22.6. The molecule has 0 radical (unpaired) electrons. The summed E-state index contributed by atoms with van der Waals surface area (Å²) in [5.74, 6) is -0.346. The van der Waals surface area contributed by atoms with E-state index in [4.69, 9.17) is 32.7 Å². The molecule has 0 heterocycles. The summed E-state index contributed by atoms with van der Waals surface area (Å²) in [6.07, 6.45) is 0.859. The van der Waals surface area contributed by atoms with E-state index < -0.39 is 28.5 Å². The Morgan fingerprint density at radius 2 is 1.51 bits per heavy atom. The number of nitrogens with zero attached hydrogens (tertiary/aromatic N) is 2. The maximum absolute atomic E-state index is 14.6. The molecule has 4 aromatic rings. The summed E-state index contributed by atoms with van der Waals surface area (Å²) in [5.41, 5.74) is 1.52. The van der Waals surface area contributed by atoms with E-state index in [9.17, 15) is 18.0 Å². The third kappa shape index (κ3) is 8.97. The lowest BCUT2D eigenvalue weighted by atomic mass is 10.0. The van der Waals surface area contributed by atoms with Gasteiger partial charge in [0.2, 0.25) is 11.8 Å². The van der Waals surface area contributed by atoms with Gasteiger partial charge in [-0.05, 0) is 53.9 Å². The number of nitrogens with one attached hydrogen (secondary N) is 1. The normalized spacial score (nSPS) is 11.8. The van der Waals surface area contributed by atoms with Crippen molar-refractivity contribution >= 4 is 50.7 Å². The molecule has 0 bridgehead atoms. The highest BCUT2D eigenvalue weighted by molar-refractivity contribution is 7.92. The molecule has 248 valence electrons. The highest BCUT2D eigenvalue weighted by Crippen LogP contribution is 2.34. The zero-order valence-corrected chi connectivity index (χ0v) is 28.7. The number of carbonyl (C=O) groups excluding carboxylic acids is 2. The Morgan fingerprint density at radius 3 is 2.13 bits per heavy atom. The first-order valence-corrected chi connectivity index (χ1v) is 17.1. The smallest absolute Gasteiger partial charge is 0.264 e. The number of halogens is 2. The molecule has 1 atom stereocenters. The Kier molecular flexibility index (Phi) is 12.5. The number of amides is 2. The Bertz CT molecular complexity index is 1780. The van der Waals surface area contributed by atoms with Crippen molar-refractivity contribution in [3.63, 3.8) is 0 Å². The van der Waals surface area contributed by atoms with Crippen LogP contribution >= 0.6 is 23.2 Å². The standard InChI is InChI=1S/C35H37Cl2N3O6S/c1-4-19-38-35(42)31(20-25-11-7-5-8-12-25)39(23-26-15-16-27(36)21-30(26)37)34(41)24-40(47(43,44)29-13-9-6-10-14-29)28-17-18-32(45-2)33(22-28)46-3/h5-18,21-22,31H,4,19-20,23-24H2,1-3H3,(H,38,42). The molecule has 9 nitrogen and oxygen atoms in total. The van der Waals surface area contributed by atoms with E-state index in [-0.39, 0.29) is 35.2 Å². The average Bonchev–Trinajstić information content (AvgIpc) is 3.08. The molecule has 2 amide bonds. The van der Waals surface area contributed by atoms with Gasteiger partial charge in [-0.2, -0.15) is 0 Å². The SMILES string of the molecule is CCCNC(=O)C(Cc1ccccc1)N(Cc1ccc(Cl)cc1Cl)C(=O)CN(c1ccc(OC)c(OC)c1)S(=O)(=O)c1ccccc1. The van der Waals surface area contributed by atoms with Gasteiger partial charge in [0, 0.05) is 35.6 Å². The van der Waals surface area contributed by atoms with E-state index >= 15 is 0 Å². The summed E-state index contributed by atoms with van der Waals surface area (Å²) in [6, 6.07) is 25.6. The maximum Gasteiger partial charge on any atom is 0.264 e. The van der Waals surface area contributed by atoms with Gasteiger partial charge in [-0.1, -0.05) is 84.7 Å². The van der Waals surface area contributed by atoms with Crippen molar-refractivity contribution in [3.05, 3.63) is 118 Å². The molecule has 12 heteroatoms. The third-order valence-corrected chi connectivity index (χ3v) is 9.82. The van der Waals surface area contributed by atoms with Gasteiger partial charge in [-0.15, -0.1) is 0 Å². The zero-order chi connectivity index (χ0) is 34.0. The molecule has 1 N–H and O–H groups in total. The topological polar surface area (TPSA) is 105 Å². The van der Waals surface area contributed by atoms with E-state index in [1.54, 1.807) is 42.5 Å². The predicted octanol–water partition coefficient (Wildman–Crippen LogP) is 6.37.